The van der Waals surface area contributed by atoms with E-state index in [2.05, 4.69) is 5.32 Å². The van der Waals surface area contributed by atoms with E-state index < -0.39 is 12.6 Å². The lowest BCUT2D eigenvalue weighted by molar-refractivity contribution is -0.133. The molecule has 0 bridgehead atoms. The molecule has 0 spiro atoms. The minimum absolute atomic E-state index is 0.0688. The first-order chi connectivity index (χ1) is 7.97. The van der Waals surface area contributed by atoms with Crippen molar-refractivity contribution in [1.82, 2.24) is 5.32 Å². The zero-order valence-corrected chi connectivity index (χ0v) is 9.68. The van der Waals surface area contributed by atoms with Crippen molar-refractivity contribution in [3.8, 4) is 5.75 Å². The molecule has 1 aromatic rings. The van der Waals surface area contributed by atoms with Gasteiger partial charge in [0.1, 0.15) is 12.4 Å². The van der Waals surface area contributed by atoms with Gasteiger partial charge in [-0.25, -0.2) is 0 Å². The largest absolute Gasteiger partial charge is 0.492 e. The fraction of sp³-hybridized carbons (Fsp3) is 0.500. The molecule has 0 fully saturated rings. The van der Waals surface area contributed by atoms with Gasteiger partial charge in [0.25, 0.3) is 0 Å². The molecule has 0 aromatic heterocycles. The van der Waals surface area contributed by atoms with Gasteiger partial charge in [-0.1, -0.05) is 12.1 Å². The van der Waals surface area contributed by atoms with E-state index in [0.29, 0.717) is 13.2 Å². The normalized spacial score (nSPS) is 11.5. The lowest BCUT2D eigenvalue weighted by Gasteiger charge is -2.09. The van der Waals surface area contributed by atoms with Crippen molar-refractivity contribution in [2.45, 2.75) is 19.5 Å². The molecular weight excluding hydrogens is 231 g/mol. The smallest absolute Gasteiger partial charge is 0.390 e. The summed E-state index contributed by atoms with van der Waals surface area (Å²) in [5, 5.41) is 2.68. The van der Waals surface area contributed by atoms with E-state index in [0.717, 1.165) is 11.3 Å². The van der Waals surface area contributed by atoms with Gasteiger partial charge in [0.2, 0.25) is 0 Å². The van der Waals surface area contributed by atoms with E-state index in [1.165, 1.54) is 0 Å². The molecule has 1 N–H and O–H groups in total. The van der Waals surface area contributed by atoms with Crippen LogP contribution < -0.4 is 10.1 Å². The first-order valence-corrected chi connectivity index (χ1v) is 5.44. The summed E-state index contributed by atoms with van der Waals surface area (Å²) in [6.07, 6.45) is -4.90. The second-order valence-corrected chi connectivity index (χ2v) is 3.78. The molecule has 0 aliphatic rings. The Bertz CT molecular complexity index is 339. The fourth-order valence-electron chi connectivity index (χ4n) is 1.30. The highest BCUT2D eigenvalue weighted by atomic mass is 19.4. The van der Waals surface area contributed by atoms with Crippen LogP contribution in [0.5, 0.6) is 5.75 Å². The number of benzene rings is 1. The highest BCUT2D eigenvalue weighted by molar-refractivity contribution is 5.27. The quantitative estimate of drug-likeness (QED) is 0.780. The summed E-state index contributed by atoms with van der Waals surface area (Å²) < 4.78 is 40.8. The van der Waals surface area contributed by atoms with Crippen LogP contribution in [0, 0.1) is 6.92 Å². The van der Waals surface area contributed by atoms with Crippen LogP contribution in [-0.4, -0.2) is 25.9 Å². The van der Waals surface area contributed by atoms with E-state index in [-0.39, 0.29) is 6.54 Å². The Labute approximate surface area is 98.8 Å². The van der Waals surface area contributed by atoms with Crippen molar-refractivity contribution in [3.63, 3.8) is 0 Å². The second kappa shape index (κ2) is 6.49. The maximum atomic E-state index is 11.8. The summed E-state index contributed by atoms with van der Waals surface area (Å²) in [6.45, 7) is 2.65. The molecule has 17 heavy (non-hydrogen) atoms. The first kappa shape index (κ1) is 13.8. The van der Waals surface area contributed by atoms with Gasteiger partial charge in [0.15, 0.2) is 0 Å². The Balaban J connectivity index is 2.09. The van der Waals surface area contributed by atoms with E-state index in [4.69, 9.17) is 4.74 Å². The molecule has 96 valence electrons. The predicted octanol–water partition coefficient (Wildman–Crippen LogP) is 2.92. The number of hydrogen-bond donors (Lipinski definition) is 1. The predicted molar refractivity (Wildman–Crippen MR) is 60.2 cm³/mol. The SMILES string of the molecule is Cc1cccc(OCCNCCC(F)(F)F)c1. The summed E-state index contributed by atoms with van der Waals surface area (Å²) >= 11 is 0. The molecule has 0 heterocycles. The summed E-state index contributed by atoms with van der Waals surface area (Å²) in [5.74, 6) is 0.739. The van der Waals surface area contributed by atoms with E-state index in [1.54, 1.807) is 0 Å². The number of aryl methyl sites for hydroxylation is 1. The standard InChI is InChI=1S/C12H16F3NO/c1-10-3-2-4-11(9-10)17-8-7-16-6-5-12(13,14)15/h2-4,9,16H,5-8H2,1H3. The molecule has 5 heteroatoms. The third-order valence-corrected chi connectivity index (χ3v) is 2.12. The van der Waals surface area contributed by atoms with Crippen LogP contribution in [0.3, 0.4) is 0 Å². The van der Waals surface area contributed by atoms with Crippen LogP contribution in [-0.2, 0) is 0 Å². The third kappa shape index (κ3) is 6.84. The molecule has 0 radical (unpaired) electrons. The molecule has 1 rings (SSSR count). The van der Waals surface area contributed by atoms with Crippen LogP contribution in [0.1, 0.15) is 12.0 Å². The van der Waals surface area contributed by atoms with Gasteiger partial charge in [-0.05, 0) is 24.6 Å². The summed E-state index contributed by atoms with van der Waals surface area (Å²) in [5.41, 5.74) is 1.09. The number of ether oxygens (including phenoxy) is 1. The average molecular weight is 247 g/mol. The van der Waals surface area contributed by atoms with Crippen LogP contribution in [0.25, 0.3) is 0 Å². The number of alkyl halides is 3. The Morgan fingerprint density at radius 1 is 1.24 bits per heavy atom. The summed E-state index contributed by atoms with van der Waals surface area (Å²) in [4.78, 5) is 0. The first-order valence-electron chi connectivity index (χ1n) is 5.44. The van der Waals surface area contributed by atoms with Gasteiger partial charge in [-0.3, -0.25) is 0 Å². The molecule has 2 nitrogen and oxygen atoms in total. The molecule has 0 atom stereocenters. The summed E-state index contributed by atoms with van der Waals surface area (Å²) in [7, 11) is 0. The highest BCUT2D eigenvalue weighted by Crippen LogP contribution is 2.18. The average Bonchev–Trinajstić information content (AvgIpc) is 2.22. The molecule has 0 saturated heterocycles. The van der Waals surface area contributed by atoms with Crippen LogP contribution in [0.4, 0.5) is 13.2 Å². The van der Waals surface area contributed by atoms with Gasteiger partial charge in [-0.2, -0.15) is 13.2 Å². The zero-order chi connectivity index (χ0) is 12.7. The number of rotatable bonds is 6. The van der Waals surface area contributed by atoms with Crippen molar-refractivity contribution in [1.29, 1.82) is 0 Å². The molecule has 0 aliphatic carbocycles. The third-order valence-electron chi connectivity index (χ3n) is 2.12. The van der Waals surface area contributed by atoms with Crippen LogP contribution in [0.2, 0.25) is 0 Å². The van der Waals surface area contributed by atoms with Crippen LogP contribution in [0.15, 0.2) is 24.3 Å². The van der Waals surface area contributed by atoms with Gasteiger partial charge < -0.3 is 10.1 Å². The van der Waals surface area contributed by atoms with E-state index >= 15 is 0 Å². The van der Waals surface area contributed by atoms with Gasteiger partial charge >= 0.3 is 6.18 Å². The summed E-state index contributed by atoms with van der Waals surface area (Å²) in [6, 6.07) is 7.54. The van der Waals surface area contributed by atoms with Crippen molar-refractivity contribution in [3.05, 3.63) is 29.8 Å². The van der Waals surface area contributed by atoms with Crippen LogP contribution >= 0.6 is 0 Å². The van der Waals surface area contributed by atoms with Crippen molar-refractivity contribution in [2.24, 2.45) is 0 Å². The lowest BCUT2D eigenvalue weighted by atomic mass is 10.2. The lowest BCUT2D eigenvalue weighted by Crippen LogP contribution is -2.25. The van der Waals surface area contributed by atoms with Gasteiger partial charge in [0, 0.05) is 13.1 Å². The molecule has 0 aliphatic heterocycles. The topological polar surface area (TPSA) is 21.3 Å². The molecule has 1 aromatic carbocycles. The maximum Gasteiger partial charge on any atom is 0.390 e. The Morgan fingerprint density at radius 3 is 2.65 bits per heavy atom. The Hall–Kier alpha value is -1.23. The number of hydrogen-bond acceptors (Lipinski definition) is 2. The Kier molecular flexibility index (Phi) is 5.28. The maximum absolute atomic E-state index is 11.8. The molecule has 0 amide bonds. The van der Waals surface area contributed by atoms with Crippen molar-refractivity contribution >= 4 is 0 Å². The van der Waals surface area contributed by atoms with E-state index in [9.17, 15) is 13.2 Å². The van der Waals surface area contributed by atoms with Crippen molar-refractivity contribution < 1.29 is 17.9 Å². The number of nitrogens with one attached hydrogen (secondary N) is 1. The minimum atomic E-state index is -4.09. The molecule has 0 unspecified atom stereocenters. The zero-order valence-electron chi connectivity index (χ0n) is 9.68. The molecular formula is C12H16F3NO. The highest BCUT2D eigenvalue weighted by Gasteiger charge is 2.25. The van der Waals surface area contributed by atoms with Gasteiger partial charge in [-0.15, -0.1) is 0 Å². The van der Waals surface area contributed by atoms with E-state index in [1.807, 2.05) is 31.2 Å². The Morgan fingerprint density at radius 2 is 2.00 bits per heavy atom. The second-order valence-electron chi connectivity index (χ2n) is 3.78. The monoisotopic (exact) mass is 247 g/mol. The van der Waals surface area contributed by atoms with Crippen molar-refractivity contribution in [2.75, 3.05) is 19.7 Å². The minimum Gasteiger partial charge on any atom is -0.492 e. The number of halogens is 3. The fourth-order valence-corrected chi connectivity index (χ4v) is 1.30. The van der Waals surface area contributed by atoms with Gasteiger partial charge in [0.05, 0.1) is 6.42 Å². The molecule has 0 saturated carbocycles.